The molecule has 1 heterocycles. The predicted molar refractivity (Wildman–Crippen MR) is 85.8 cm³/mol. The highest BCUT2D eigenvalue weighted by molar-refractivity contribution is 9.10. The molecule has 0 aliphatic carbocycles. The fraction of sp³-hybridized carbons (Fsp3) is 0. The summed E-state index contributed by atoms with van der Waals surface area (Å²) in [6.07, 6.45) is 0. The molecule has 0 aliphatic heterocycles. The van der Waals surface area contributed by atoms with Crippen LogP contribution < -0.4 is 0 Å². The van der Waals surface area contributed by atoms with E-state index in [1.807, 2.05) is 0 Å². The van der Waals surface area contributed by atoms with E-state index in [2.05, 4.69) is 27.0 Å². The summed E-state index contributed by atoms with van der Waals surface area (Å²) in [6.45, 7) is 0. The Morgan fingerprint density at radius 2 is 2.10 bits per heavy atom. The summed E-state index contributed by atoms with van der Waals surface area (Å²) in [7, 11) is 0. The minimum Gasteiger partial charge on any atom is -0.330 e. The van der Waals surface area contributed by atoms with E-state index in [0.29, 0.717) is 27.1 Å². The fourth-order valence-corrected chi connectivity index (χ4v) is 2.94. The zero-order valence-electron chi connectivity index (χ0n) is 10.3. The third-order valence-corrected chi connectivity index (χ3v) is 4.11. The number of aromatic amines is 1. The van der Waals surface area contributed by atoms with Gasteiger partial charge in [-0.15, -0.1) is 0 Å². The number of benzene rings is 2. The summed E-state index contributed by atoms with van der Waals surface area (Å²) in [4.78, 5) is 2.92. The van der Waals surface area contributed by atoms with Crippen molar-refractivity contribution >= 4 is 50.8 Å². The van der Waals surface area contributed by atoms with Crippen molar-refractivity contribution in [3.63, 3.8) is 0 Å². The van der Waals surface area contributed by atoms with Gasteiger partial charge in [0.2, 0.25) is 0 Å². The van der Waals surface area contributed by atoms with E-state index in [1.54, 1.807) is 22.8 Å². The number of nitrogens with one attached hydrogen (secondary N) is 1. The number of fused-ring (bicyclic) bond motifs is 1. The van der Waals surface area contributed by atoms with Crippen molar-refractivity contribution in [2.24, 2.45) is 0 Å². The van der Waals surface area contributed by atoms with Crippen molar-refractivity contribution in [2.45, 2.75) is 0 Å². The lowest BCUT2D eigenvalue weighted by atomic mass is 10.2. The summed E-state index contributed by atoms with van der Waals surface area (Å²) in [5, 5.41) is 9.26. The molecule has 21 heavy (non-hydrogen) atoms. The summed E-state index contributed by atoms with van der Waals surface area (Å²) in [6, 6.07) is 10.1. The second-order valence-electron chi connectivity index (χ2n) is 4.32. The number of rotatable bonds is 1. The van der Waals surface area contributed by atoms with Gasteiger partial charge in [0.15, 0.2) is 4.77 Å². The number of hydrogen-bond acceptors (Lipinski definition) is 2. The Kier molecular flexibility index (Phi) is 3.57. The van der Waals surface area contributed by atoms with Gasteiger partial charge in [-0.2, -0.15) is 5.26 Å². The molecule has 0 fully saturated rings. The minimum atomic E-state index is -0.526. The molecule has 0 spiro atoms. The van der Waals surface area contributed by atoms with E-state index >= 15 is 0 Å². The van der Waals surface area contributed by atoms with Gasteiger partial charge >= 0.3 is 0 Å². The number of halogens is 3. The molecule has 0 bridgehead atoms. The molecule has 1 N–H and O–H groups in total. The smallest absolute Gasteiger partial charge is 0.182 e. The maximum atomic E-state index is 13.5. The van der Waals surface area contributed by atoms with Crippen molar-refractivity contribution in [2.75, 3.05) is 0 Å². The number of H-pyrrole nitrogens is 1. The highest BCUT2D eigenvalue weighted by atomic mass is 79.9. The summed E-state index contributed by atoms with van der Waals surface area (Å²) >= 11 is 14.5. The highest BCUT2D eigenvalue weighted by Gasteiger charge is 2.13. The molecule has 0 saturated heterocycles. The molecule has 0 unspecified atom stereocenters. The molecule has 0 radical (unpaired) electrons. The minimum absolute atomic E-state index is 0.00115. The monoisotopic (exact) mass is 381 g/mol. The lowest BCUT2D eigenvalue weighted by Crippen LogP contribution is -1.98. The first-order chi connectivity index (χ1) is 10.0. The number of nitriles is 1. The van der Waals surface area contributed by atoms with Crippen LogP contribution in [0.25, 0.3) is 16.7 Å². The molecular weight excluding hydrogens is 377 g/mol. The van der Waals surface area contributed by atoms with Crippen LogP contribution in [0.1, 0.15) is 5.56 Å². The largest absolute Gasteiger partial charge is 0.330 e. The maximum absolute atomic E-state index is 13.5. The Bertz CT molecular complexity index is 971. The van der Waals surface area contributed by atoms with Gasteiger partial charge in [0.05, 0.1) is 27.3 Å². The van der Waals surface area contributed by atoms with Crippen LogP contribution in [-0.4, -0.2) is 9.55 Å². The van der Waals surface area contributed by atoms with E-state index in [4.69, 9.17) is 23.8 Å². The molecule has 1 aromatic heterocycles. The standard InChI is InChI=1S/C14H6BrClFN3S/c15-8-2-1-7(6-18)12(3-8)20-13-4-9(16)10(17)5-11(13)19-14(20)21/h1-5H,(H,19,21). The van der Waals surface area contributed by atoms with Crippen molar-refractivity contribution in [3.8, 4) is 11.8 Å². The average molecular weight is 383 g/mol. The summed E-state index contributed by atoms with van der Waals surface area (Å²) in [5.74, 6) is -0.526. The third kappa shape index (κ3) is 2.38. The summed E-state index contributed by atoms with van der Waals surface area (Å²) in [5.41, 5.74) is 2.19. The van der Waals surface area contributed by atoms with E-state index in [-0.39, 0.29) is 5.02 Å². The highest BCUT2D eigenvalue weighted by Crippen LogP contribution is 2.28. The number of aromatic nitrogens is 2. The van der Waals surface area contributed by atoms with Crippen LogP contribution in [-0.2, 0) is 0 Å². The van der Waals surface area contributed by atoms with Crippen LogP contribution in [0.15, 0.2) is 34.8 Å². The number of nitrogens with zero attached hydrogens (tertiary/aromatic N) is 2. The summed E-state index contributed by atoms with van der Waals surface area (Å²) < 4.78 is 16.4. The van der Waals surface area contributed by atoms with Crippen LogP contribution in [0.2, 0.25) is 5.02 Å². The third-order valence-electron chi connectivity index (χ3n) is 3.05. The van der Waals surface area contributed by atoms with E-state index < -0.39 is 5.82 Å². The Morgan fingerprint density at radius 1 is 1.33 bits per heavy atom. The Balaban J connectivity index is 2.44. The molecule has 3 rings (SSSR count). The zero-order chi connectivity index (χ0) is 15.1. The van der Waals surface area contributed by atoms with Gasteiger partial charge in [-0.1, -0.05) is 27.5 Å². The van der Waals surface area contributed by atoms with E-state index in [9.17, 15) is 9.65 Å². The van der Waals surface area contributed by atoms with Gasteiger partial charge in [-0.05, 0) is 36.5 Å². The maximum Gasteiger partial charge on any atom is 0.182 e. The Labute approximate surface area is 137 Å². The Hall–Kier alpha value is -1.68. The predicted octanol–water partition coefficient (Wildman–Crippen LogP) is 5.11. The second-order valence-corrected chi connectivity index (χ2v) is 6.03. The first-order valence-electron chi connectivity index (χ1n) is 5.81. The van der Waals surface area contributed by atoms with Crippen LogP contribution in [0.3, 0.4) is 0 Å². The van der Waals surface area contributed by atoms with Gasteiger partial charge in [-0.3, -0.25) is 4.57 Å². The first-order valence-corrected chi connectivity index (χ1v) is 7.39. The van der Waals surface area contributed by atoms with Crippen LogP contribution in [0, 0.1) is 21.9 Å². The fourth-order valence-electron chi connectivity index (χ4n) is 2.13. The number of hydrogen-bond donors (Lipinski definition) is 1. The van der Waals surface area contributed by atoms with E-state index in [0.717, 1.165) is 4.47 Å². The van der Waals surface area contributed by atoms with Gasteiger partial charge in [-0.25, -0.2) is 4.39 Å². The zero-order valence-corrected chi connectivity index (χ0v) is 13.5. The van der Waals surface area contributed by atoms with Gasteiger partial charge < -0.3 is 4.98 Å². The molecule has 3 aromatic rings. The molecule has 7 heteroatoms. The molecule has 3 nitrogen and oxygen atoms in total. The molecule has 2 aromatic carbocycles. The Morgan fingerprint density at radius 3 is 2.81 bits per heavy atom. The van der Waals surface area contributed by atoms with Gasteiger partial charge in [0.1, 0.15) is 11.9 Å². The van der Waals surface area contributed by atoms with Crippen molar-refractivity contribution < 1.29 is 4.39 Å². The van der Waals surface area contributed by atoms with Crippen LogP contribution >= 0.6 is 39.7 Å². The van der Waals surface area contributed by atoms with Crippen molar-refractivity contribution in [3.05, 3.63) is 56.0 Å². The van der Waals surface area contributed by atoms with E-state index in [1.165, 1.54) is 12.1 Å². The SMILES string of the molecule is N#Cc1ccc(Br)cc1-n1c(=S)[nH]c2cc(F)c(Cl)cc21. The second kappa shape index (κ2) is 5.26. The lowest BCUT2D eigenvalue weighted by Gasteiger charge is -2.08. The van der Waals surface area contributed by atoms with Crippen molar-refractivity contribution in [1.82, 2.24) is 9.55 Å². The molecule has 0 saturated carbocycles. The quantitative estimate of drug-likeness (QED) is 0.594. The first kappa shape index (κ1) is 14.3. The topological polar surface area (TPSA) is 44.5 Å². The van der Waals surface area contributed by atoms with Crippen LogP contribution in [0.5, 0.6) is 0 Å². The van der Waals surface area contributed by atoms with Crippen LogP contribution in [0.4, 0.5) is 4.39 Å². The molecule has 0 amide bonds. The average Bonchev–Trinajstić information content (AvgIpc) is 2.74. The lowest BCUT2D eigenvalue weighted by molar-refractivity contribution is 0.630. The molecule has 0 atom stereocenters. The van der Waals surface area contributed by atoms with Gasteiger partial charge in [0.25, 0.3) is 0 Å². The van der Waals surface area contributed by atoms with Gasteiger partial charge in [0, 0.05) is 10.5 Å². The number of imidazole rings is 1. The molecular formula is C14H6BrClFN3S. The molecule has 104 valence electrons. The van der Waals surface area contributed by atoms with Crippen molar-refractivity contribution in [1.29, 1.82) is 5.26 Å². The molecule has 0 aliphatic rings. The normalized spacial score (nSPS) is 10.8.